The van der Waals surface area contributed by atoms with E-state index in [4.69, 9.17) is 0 Å². The van der Waals surface area contributed by atoms with E-state index in [1.54, 1.807) is 0 Å². The number of halogens is 17. The second kappa shape index (κ2) is 8.52. The fourth-order valence-electron chi connectivity index (χ4n) is 1.49. The minimum atomic E-state index is -8.04. The molecule has 0 aromatic carbocycles. The number of hydrogen-bond acceptors (Lipinski definition) is 4. The summed E-state index contributed by atoms with van der Waals surface area (Å²) in [7, 11) is -3.76. The second-order valence-corrected chi connectivity index (χ2v) is 11.4. The Kier molecular flexibility index (Phi) is 8.12. The van der Waals surface area contributed by atoms with Crippen LogP contribution in [0.2, 0.25) is 19.6 Å². The van der Waals surface area contributed by atoms with Crippen molar-refractivity contribution in [2.45, 2.75) is 68.0 Å². The first kappa shape index (κ1) is 32.4. The minimum Gasteiger partial charge on any atom is -0.515 e. The van der Waals surface area contributed by atoms with Gasteiger partial charge in [0.15, 0.2) is 0 Å². The third-order valence-electron chi connectivity index (χ3n) is 3.02. The largest absolute Gasteiger partial charge is 0.515 e. The van der Waals surface area contributed by atoms with Crippen molar-refractivity contribution in [3.63, 3.8) is 0 Å². The Balaban J connectivity index is 6.79. The molecule has 0 fully saturated rings. The molecule has 0 radical (unpaired) electrons. The smallest absolute Gasteiger partial charge is 0.462 e. The molecule has 34 heavy (non-hydrogen) atoms. The molecular formula is C12H9F17O4Si. The van der Waals surface area contributed by atoms with E-state index in [0.29, 0.717) is 0 Å². The van der Waals surface area contributed by atoms with Crippen molar-refractivity contribution in [1.29, 1.82) is 0 Å². The van der Waals surface area contributed by atoms with Gasteiger partial charge in [-0.25, -0.2) is 4.79 Å². The lowest BCUT2D eigenvalue weighted by Crippen LogP contribution is -2.68. The van der Waals surface area contributed by atoms with E-state index in [9.17, 15) is 79.4 Å². The highest BCUT2D eigenvalue weighted by atomic mass is 28.4. The normalized spacial score (nSPS) is 18.8. The summed E-state index contributed by atoms with van der Waals surface area (Å²) in [6.07, 6.45) is -38.5. The molecule has 22 heteroatoms. The van der Waals surface area contributed by atoms with Crippen molar-refractivity contribution >= 4 is 14.3 Å². The van der Waals surface area contributed by atoms with Crippen LogP contribution >= 0.6 is 0 Å². The third-order valence-corrected chi connectivity index (χ3v) is 3.82. The van der Waals surface area contributed by atoms with Crippen molar-refractivity contribution in [3.05, 3.63) is 0 Å². The Morgan fingerprint density at radius 3 is 1.21 bits per heavy atom. The zero-order valence-corrected chi connectivity index (χ0v) is 17.1. The van der Waals surface area contributed by atoms with Crippen LogP contribution in [0.5, 0.6) is 0 Å². The van der Waals surface area contributed by atoms with Crippen molar-refractivity contribution in [3.8, 4) is 0 Å². The molecule has 0 amide bonds. The Morgan fingerprint density at radius 2 is 0.941 bits per heavy atom. The van der Waals surface area contributed by atoms with E-state index in [2.05, 4.69) is 4.43 Å². The van der Waals surface area contributed by atoms with Gasteiger partial charge in [-0.2, -0.15) is 74.6 Å². The first-order valence-electron chi connectivity index (χ1n) is 7.64. The Hall–Kier alpha value is -1.58. The van der Waals surface area contributed by atoms with Gasteiger partial charge in [0.2, 0.25) is 8.32 Å². The number of alkyl halides is 17. The summed E-state index contributed by atoms with van der Waals surface area (Å²) >= 11 is 0. The standard InChI is InChI=1S/C12H9F17O4Si/c1-34(2,3)31-4(30)5(13,8(17,18)19)32-12(28,29)7(16,10(23,24)25)33-11(26,27)6(14,15)9(20,21)22/h1-3H3/t5-,7-/m0/s1. The summed E-state index contributed by atoms with van der Waals surface area (Å²) in [5.74, 6) is -26.3. The quantitative estimate of drug-likeness (QED) is 0.257. The van der Waals surface area contributed by atoms with Gasteiger partial charge in [0.1, 0.15) is 0 Å². The average Bonchev–Trinajstić information content (AvgIpc) is 2.48. The molecular weight excluding hydrogens is 559 g/mol. The van der Waals surface area contributed by atoms with E-state index in [1.807, 2.05) is 4.74 Å². The van der Waals surface area contributed by atoms with Gasteiger partial charge in [-0.15, -0.1) is 0 Å². The van der Waals surface area contributed by atoms with Gasteiger partial charge < -0.3 is 4.43 Å². The molecule has 0 bridgehead atoms. The highest BCUT2D eigenvalue weighted by Gasteiger charge is 2.85. The van der Waals surface area contributed by atoms with Crippen molar-refractivity contribution < 1.29 is 93.3 Å². The van der Waals surface area contributed by atoms with Crippen LogP contribution in [0.1, 0.15) is 0 Å². The third kappa shape index (κ3) is 5.97. The summed E-state index contributed by atoms with van der Waals surface area (Å²) in [6.45, 7) is 2.29. The number of rotatable bonds is 8. The van der Waals surface area contributed by atoms with Gasteiger partial charge in [-0.05, 0) is 19.6 Å². The first-order valence-corrected chi connectivity index (χ1v) is 11.0. The molecule has 0 aliphatic heterocycles. The number of carbonyl (C=O) groups excluding carboxylic acids is 1. The molecule has 0 N–H and O–H groups in total. The molecule has 204 valence electrons. The topological polar surface area (TPSA) is 44.8 Å². The molecule has 0 saturated heterocycles. The maximum Gasteiger partial charge on any atom is 0.462 e. The molecule has 0 saturated carbocycles. The fraction of sp³-hybridized carbons (Fsp3) is 0.917. The maximum atomic E-state index is 14.1. The van der Waals surface area contributed by atoms with Crippen LogP contribution in [0.25, 0.3) is 0 Å². The number of ether oxygens (including phenoxy) is 2. The predicted octanol–water partition coefficient (Wildman–Crippen LogP) is 6.24. The molecule has 0 heterocycles. The molecule has 4 nitrogen and oxygen atoms in total. The van der Waals surface area contributed by atoms with E-state index in [-0.39, 0.29) is 0 Å². The van der Waals surface area contributed by atoms with Crippen LogP contribution in [0.15, 0.2) is 0 Å². The lowest BCUT2D eigenvalue weighted by Gasteiger charge is -2.40. The first-order chi connectivity index (χ1) is 14.3. The summed E-state index contributed by atoms with van der Waals surface area (Å²) in [6, 6.07) is 0. The minimum absolute atomic E-state index is 0.762. The SMILES string of the molecule is C[Si](C)(C)OC(=O)[C@](F)(OC(F)(F)[C@@](F)(OC(F)(F)C(F)(F)C(F)(F)F)C(F)(F)F)C(F)(F)F. The monoisotopic (exact) mass is 568 g/mol. The van der Waals surface area contributed by atoms with E-state index in [1.165, 1.54) is 4.74 Å². The molecule has 0 aliphatic carbocycles. The van der Waals surface area contributed by atoms with Crippen LogP contribution in [0.3, 0.4) is 0 Å². The second-order valence-electron chi connectivity index (χ2n) is 7.00. The number of carbonyl (C=O) groups is 1. The summed E-state index contributed by atoms with van der Waals surface area (Å²) in [4.78, 5) is 11.4. The summed E-state index contributed by atoms with van der Waals surface area (Å²) in [5.41, 5.74) is 0. The highest BCUT2D eigenvalue weighted by Crippen LogP contribution is 2.56. The van der Waals surface area contributed by atoms with Crippen molar-refractivity contribution in [2.24, 2.45) is 0 Å². The molecule has 0 unspecified atom stereocenters. The van der Waals surface area contributed by atoms with Crippen LogP contribution in [0, 0.1) is 0 Å². The highest BCUT2D eigenvalue weighted by molar-refractivity contribution is 6.71. The summed E-state index contributed by atoms with van der Waals surface area (Å²) < 4.78 is 227. The Morgan fingerprint density at radius 1 is 0.559 bits per heavy atom. The van der Waals surface area contributed by atoms with Gasteiger partial charge in [0, 0.05) is 0 Å². The predicted molar refractivity (Wildman–Crippen MR) is 72.3 cm³/mol. The molecule has 0 aliphatic rings. The van der Waals surface area contributed by atoms with Crippen LogP contribution < -0.4 is 0 Å². The zero-order chi connectivity index (χ0) is 28.2. The molecule has 0 rings (SSSR count). The van der Waals surface area contributed by atoms with Gasteiger partial charge >= 0.3 is 54.3 Å². The van der Waals surface area contributed by atoms with E-state index < -0.39 is 62.7 Å². The molecule has 2 atom stereocenters. The Labute approximate surface area is 177 Å². The zero-order valence-electron chi connectivity index (χ0n) is 16.1. The van der Waals surface area contributed by atoms with Gasteiger partial charge in [-0.3, -0.25) is 9.47 Å². The molecule has 0 aromatic heterocycles. The van der Waals surface area contributed by atoms with E-state index >= 15 is 0 Å². The van der Waals surface area contributed by atoms with Crippen LogP contribution in [0.4, 0.5) is 74.6 Å². The van der Waals surface area contributed by atoms with Gasteiger partial charge in [0.05, 0.1) is 0 Å². The maximum absolute atomic E-state index is 14.1. The van der Waals surface area contributed by atoms with Crippen molar-refractivity contribution in [1.82, 2.24) is 0 Å². The van der Waals surface area contributed by atoms with E-state index in [0.717, 1.165) is 19.6 Å². The van der Waals surface area contributed by atoms with Crippen LogP contribution in [-0.2, 0) is 18.7 Å². The van der Waals surface area contributed by atoms with Gasteiger partial charge in [0.25, 0.3) is 0 Å². The Bertz CT molecular complexity index is 752. The summed E-state index contributed by atoms with van der Waals surface area (Å²) in [5, 5.41) is 0. The lowest BCUT2D eigenvalue weighted by molar-refractivity contribution is -0.548. The lowest BCUT2D eigenvalue weighted by atomic mass is 10.2. The average molecular weight is 568 g/mol. The van der Waals surface area contributed by atoms with Gasteiger partial charge in [-0.1, -0.05) is 0 Å². The molecule has 0 spiro atoms. The molecule has 0 aromatic rings. The van der Waals surface area contributed by atoms with Crippen molar-refractivity contribution in [2.75, 3.05) is 0 Å². The van der Waals surface area contributed by atoms with Crippen LogP contribution in [-0.4, -0.2) is 62.7 Å². The number of hydrogen-bond donors (Lipinski definition) is 0. The fourth-order valence-corrected chi connectivity index (χ4v) is 2.18.